The summed E-state index contributed by atoms with van der Waals surface area (Å²) >= 11 is 0. The molecule has 0 unspecified atom stereocenters. The second-order valence-electron chi connectivity index (χ2n) is 26.3. The molecule has 0 aliphatic carbocycles. The van der Waals surface area contributed by atoms with Crippen molar-refractivity contribution in [2.75, 3.05) is 21.3 Å². The lowest BCUT2D eigenvalue weighted by Crippen LogP contribution is -2.11. The molecule has 32 heteroatoms. The first kappa shape index (κ1) is 75.0. The number of benzene rings is 8. The number of imidazole rings is 4. The van der Waals surface area contributed by atoms with E-state index >= 15 is 0 Å². The number of fused-ring (bicyclic) bond motifs is 4. The van der Waals surface area contributed by atoms with Gasteiger partial charge in [-0.1, -0.05) is 72.8 Å². The second kappa shape index (κ2) is 33.3. The smallest absolute Gasteiger partial charge is 0.269 e. The van der Waals surface area contributed by atoms with Gasteiger partial charge in [0.1, 0.15) is 48.6 Å². The molecule has 8 aromatic heterocycles. The highest BCUT2D eigenvalue weighted by Crippen LogP contribution is 2.30. The second-order valence-corrected chi connectivity index (χ2v) is 26.3. The molecule has 16 aromatic rings. The quantitative estimate of drug-likeness (QED) is 0.0407. The van der Waals surface area contributed by atoms with Crippen LogP contribution in [0.3, 0.4) is 0 Å². The Hall–Kier alpha value is -15.2. The Kier molecular flexibility index (Phi) is 22.3. The van der Waals surface area contributed by atoms with Crippen molar-refractivity contribution in [1.29, 1.82) is 0 Å². The average molecular weight is 1500 g/mol. The van der Waals surface area contributed by atoms with E-state index in [4.69, 9.17) is 0 Å². The van der Waals surface area contributed by atoms with Crippen molar-refractivity contribution in [2.45, 2.75) is 79.6 Å². The van der Waals surface area contributed by atoms with E-state index in [2.05, 4.69) is 93.2 Å². The standard InChI is InChI=1S/4C20H18N6O2/c2*1-13-6-7-18-17(10-13)22-12-25(18)19-8-9-21-20(24-19)23-14(2)15-4-3-5-16(11-15)26(27)28;2*1-13-6-7-17-18(10-13)25(12-22-17)19-8-9-21-20(24-19)23-14(2)15-4-3-5-16(11-15)26(27)28/h4*3-12,14H,1-2H3,(H,21,23,24)/t4*14-/m1010/s1. The molecule has 16 rings (SSSR count). The summed E-state index contributed by atoms with van der Waals surface area (Å²) in [6.07, 6.45) is 13.6. The fourth-order valence-electron chi connectivity index (χ4n) is 12.2. The molecule has 0 saturated carbocycles. The van der Waals surface area contributed by atoms with E-state index in [1.807, 2.05) is 183 Å². The Morgan fingerprint density at radius 1 is 0.286 bits per heavy atom. The third kappa shape index (κ3) is 17.7. The van der Waals surface area contributed by atoms with Gasteiger partial charge in [-0.15, -0.1) is 0 Å². The van der Waals surface area contributed by atoms with Gasteiger partial charge in [0.05, 0.1) is 88.0 Å². The topological polar surface area (TPSA) is 395 Å². The Morgan fingerprint density at radius 2 is 0.536 bits per heavy atom. The first-order valence-electron chi connectivity index (χ1n) is 35.2. The van der Waals surface area contributed by atoms with E-state index in [-0.39, 0.29) is 46.9 Å². The number of aromatic nitrogens is 16. The number of aryl methyl sites for hydroxylation is 4. The Morgan fingerprint density at radius 3 is 0.812 bits per heavy atom. The van der Waals surface area contributed by atoms with Gasteiger partial charge in [-0.3, -0.25) is 58.7 Å². The van der Waals surface area contributed by atoms with Gasteiger partial charge in [0.15, 0.2) is 0 Å². The summed E-state index contributed by atoms with van der Waals surface area (Å²) in [5, 5.41) is 56.8. The van der Waals surface area contributed by atoms with Crippen molar-refractivity contribution in [1.82, 2.24) is 78.1 Å². The molecule has 0 aliphatic rings. The number of non-ortho nitro benzene ring substituents is 4. The van der Waals surface area contributed by atoms with E-state index < -0.39 is 19.7 Å². The Balaban J connectivity index is 0.000000131. The number of nitro groups is 4. The molecular formula is C80H72N24O8. The highest BCUT2D eigenvalue weighted by Gasteiger charge is 2.20. The zero-order chi connectivity index (χ0) is 78.7. The molecule has 0 aliphatic heterocycles. The summed E-state index contributed by atoms with van der Waals surface area (Å²) in [5.41, 5.74) is 15.4. The largest absolute Gasteiger partial charge is 0.348 e. The highest BCUT2D eigenvalue weighted by atomic mass is 16.6. The number of anilines is 4. The van der Waals surface area contributed by atoms with Crippen LogP contribution in [0.25, 0.3) is 67.4 Å². The summed E-state index contributed by atoms with van der Waals surface area (Å²) in [6, 6.07) is 56.8. The summed E-state index contributed by atoms with van der Waals surface area (Å²) in [4.78, 5) is 95.5. The predicted octanol–water partition coefficient (Wildman–Crippen LogP) is 16.8. The van der Waals surface area contributed by atoms with Crippen molar-refractivity contribution >= 4 is 90.7 Å². The predicted molar refractivity (Wildman–Crippen MR) is 426 cm³/mol. The minimum Gasteiger partial charge on any atom is -0.348 e. The van der Waals surface area contributed by atoms with E-state index in [1.165, 1.54) is 24.3 Å². The number of nitro benzene ring substituents is 4. The van der Waals surface area contributed by atoms with Crippen LogP contribution in [0.15, 0.2) is 244 Å². The minimum absolute atomic E-state index is 0.0565. The summed E-state index contributed by atoms with van der Waals surface area (Å²) < 4.78 is 7.62. The van der Waals surface area contributed by atoms with Crippen LogP contribution in [-0.4, -0.2) is 97.8 Å². The Labute approximate surface area is 638 Å². The summed E-state index contributed by atoms with van der Waals surface area (Å²) in [7, 11) is 0. The zero-order valence-corrected chi connectivity index (χ0v) is 61.6. The molecule has 0 saturated heterocycles. The van der Waals surface area contributed by atoms with Crippen molar-refractivity contribution in [3.05, 3.63) is 329 Å². The number of nitrogens with one attached hydrogen (secondary N) is 4. The first-order chi connectivity index (χ1) is 54.0. The minimum atomic E-state index is -0.404. The maximum atomic E-state index is 11.0. The molecule has 0 spiro atoms. The summed E-state index contributed by atoms with van der Waals surface area (Å²) in [6.45, 7) is 15.8. The SMILES string of the molecule is Cc1ccc2c(c1)ncn2-c1ccnc(N[C@@H](C)c2cccc([N+](=O)[O-])c2)n1.Cc1ccc2c(c1)ncn2-c1ccnc(N[C@H](C)c2cccc([N+](=O)[O-])c2)n1.Cc1ccc2ncn(-c3ccnc(N[C@@H](C)c4cccc([N+](=O)[O-])c4)n3)c2c1.Cc1ccc2ncn(-c3ccnc(N[C@H](C)c4cccc([N+](=O)[O-])c4)n3)c2c1. The molecule has 8 heterocycles. The lowest BCUT2D eigenvalue weighted by molar-refractivity contribution is -0.385. The summed E-state index contributed by atoms with van der Waals surface area (Å²) in [5.74, 6) is 4.51. The van der Waals surface area contributed by atoms with Crippen LogP contribution >= 0.6 is 0 Å². The normalized spacial score (nSPS) is 12.1. The van der Waals surface area contributed by atoms with E-state index in [0.29, 0.717) is 47.1 Å². The lowest BCUT2D eigenvalue weighted by atomic mass is 10.1. The van der Waals surface area contributed by atoms with Gasteiger partial charge >= 0.3 is 0 Å². The fraction of sp³-hybridized carbons (Fsp3) is 0.150. The highest BCUT2D eigenvalue weighted by molar-refractivity contribution is 5.80. The van der Waals surface area contributed by atoms with Crippen molar-refractivity contribution in [2.24, 2.45) is 0 Å². The molecule has 560 valence electrons. The van der Waals surface area contributed by atoms with E-state index in [1.54, 1.807) is 98.6 Å². The molecule has 4 N–H and O–H groups in total. The maximum Gasteiger partial charge on any atom is 0.269 e. The van der Waals surface area contributed by atoms with Gasteiger partial charge < -0.3 is 21.3 Å². The number of hydrogen-bond donors (Lipinski definition) is 4. The number of nitrogens with zero attached hydrogens (tertiary/aromatic N) is 20. The van der Waals surface area contributed by atoms with Crippen LogP contribution in [0.1, 0.15) is 96.4 Å². The van der Waals surface area contributed by atoms with E-state index in [9.17, 15) is 40.5 Å². The third-order valence-corrected chi connectivity index (χ3v) is 18.1. The van der Waals surface area contributed by atoms with Crippen molar-refractivity contribution < 1.29 is 19.7 Å². The van der Waals surface area contributed by atoms with Crippen LogP contribution in [-0.2, 0) is 0 Å². The van der Waals surface area contributed by atoms with Crippen LogP contribution < -0.4 is 21.3 Å². The molecule has 0 bridgehead atoms. The van der Waals surface area contributed by atoms with Crippen LogP contribution in [0.5, 0.6) is 0 Å². The molecule has 0 fully saturated rings. The Bertz CT molecular complexity index is 5790. The number of hydrogen-bond acceptors (Lipinski definition) is 24. The van der Waals surface area contributed by atoms with Crippen molar-refractivity contribution in [3.63, 3.8) is 0 Å². The first-order valence-corrected chi connectivity index (χ1v) is 35.2. The van der Waals surface area contributed by atoms with Gasteiger partial charge in [-0.2, -0.15) is 19.9 Å². The van der Waals surface area contributed by atoms with Gasteiger partial charge in [-0.05, 0) is 173 Å². The molecule has 0 amide bonds. The number of rotatable bonds is 20. The molecule has 8 aromatic carbocycles. The molecule has 0 radical (unpaired) electrons. The van der Waals surface area contributed by atoms with Gasteiger partial charge in [0.25, 0.3) is 22.7 Å². The molecule has 32 nitrogen and oxygen atoms in total. The van der Waals surface area contributed by atoms with Crippen LogP contribution in [0, 0.1) is 68.2 Å². The van der Waals surface area contributed by atoms with Crippen molar-refractivity contribution in [3.8, 4) is 23.3 Å². The lowest BCUT2D eigenvalue weighted by Gasteiger charge is -2.14. The maximum absolute atomic E-state index is 11.0. The van der Waals surface area contributed by atoms with E-state index in [0.717, 1.165) is 88.6 Å². The van der Waals surface area contributed by atoms with Gasteiger partial charge in [0, 0.05) is 73.3 Å². The van der Waals surface area contributed by atoms with Gasteiger partial charge in [-0.25, -0.2) is 39.9 Å². The molecule has 4 atom stereocenters. The zero-order valence-electron chi connectivity index (χ0n) is 61.6. The average Bonchev–Trinajstić information content (AvgIpc) is 1.64. The molecular weight excluding hydrogens is 1430 g/mol. The monoisotopic (exact) mass is 1500 g/mol. The molecule has 112 heavy (non-hydrogen) atoms. The fourth-order valence-corrected chi connectivity index (χ4v) is 12.2. The van der Waals surface area contributed by atoms with Crippen LogP contribution in [0.4, 0.5) is 46.5 Å². The third-order valence-electron chi connectivity index (χ3n) is 18.1. The van der Waals surface area contributed by atoms with Gasteiger partial charge in [0.2, 0.25) is 23.8 Å². The van der Waals surface area contributed by atoms with Crippen LogP contribution in [0.2, 0.25) is 0 Å².